The summed E-state index contributed by atoms with van der Waals surface area (Å²) in [6.07, 6.45) is 9.20. The van der Waals surface area contributed by atoms with Crippen molar-refractivity contribution in [2.45, 2.75) is 57.8 Å². The highest BCUT2D eigenvalue weighted by Crippen LogP contribution is 2.54. The SMILES string of the molecule is CC1(C)c2cc(C=Cc3ccc4c(c3)C(C)(C)c3cc(N(c5ccccc5)c5ccc(-c6cccc7ccccc67)cc5)ccc3-4)ccc2-c2ccc(C=Cc3ccc4c(c3)C(C)(C)c3cc(N(c5ccccc5)c5ccc(-c6cccc7ccccc67)cc5)ccc3-4)cc21. The third-order valence-corrected chi connectivity index (χ3v) is 21.0. The highest BCUT2D eigenvalue weighted by atomic mass is 15.1. The number of nitrogens with zero attached hydrogens (tertiary/aromatic N) is 2. The summed E-state index contributed by atoms with van der Waals surface area (Å²) in [6, 6.07) is 112. The number of fused-ring (bicyclic) bond motifs is 11. The lowest BCUT2D eigenvalue weighted by Gasteiger charge is -2.28. The minimum Gasteiger partial charge on any atom is -0.310 e. The Labute approximate surface area is 558 Å². The van der Waals surface area contributed by atoms with E-state index >= 15 is 0 Å². The molecule has 0 aliphatic heterocycles. The normalized spacial score (nSPS) is 14.2. The van der Waals surface area contributed by atoms with Gasteiger partial charge in [0.2, 0.25) is 0 Å². The first-order valence-electron chi connectivity index (χ1n) is 33.4. The lowest BCUT2D eigenvalue weighted by atomic mass is 9.81. The summed E-state index contributed by atoms with van der Waals surface area (Å²) < 4.78 is 0. The Morgan fingerprint density at radius 2 is 0.474 bits per heavy atom. The summed E-state index contributed by atoms with van der Waals surface area (Å²) in [4.78, 5) is 4.79. The van der Waals surface area contributed by atoms with E-state index in [2.05, 4.69) is 379 Å². The Bertz CT molecular complexity index is 5080. The van der Waals surface area contributed by atoms with Crippen molar-refractivity contribution >= 4 is 80.0 Å². The topological polar surface area (TPSA) is 6.48 Å². The van der Waals surface area contributed by atoms with Gasteiger partial charge in [-0.25, -0.2) is 0 Å². The summed E-state index contributed by atoms with van der Waals surface area (Å²) >= 11 is 0. The molecule has 2 heteroatoms. The molecule has 0 unspecified atom stereocenters. The van der Waals surface area contributed by atoms with Crippen LogP contribution in [0.5, 0.6) is 0 Å². The smallest absolute Gasteiger partial charge is 0.0465 e. The largest absolute Gasteiger partial charge is 0.310 e. The molecule has 0 amide bonds. The van der Waals surface area contributed by atoms with Gasteiger partial charge >= 0.3 is 0 Å². The molecule has 0 atom stereocenters. The second-order valence-electron chi connectivity index (χ2n) is 27.7. The van der Waals surface area contributed by atoms with Crippen LogP contribution in [-0.2, 0) is 16.2 Å². The van der Waals surface area contributed by atoms with Gasteiger partial charge < -0.3 is 9.80 Å². The number of rotatable bonds is 12. The molecule has 95 heavy (non-hydrogen) atoms. The Morgan fingerprint density at radius 1 is 0.211 bits per heavy atom. The first kappa shape index (κ1) is 57.6. The van der Waals surface area contributed by atoms with Crippen LogP contribution in [0.25, 0.3) is 101 Å². The predicted molar refractivity (Wildman–Crippen MR) is 405 cm³/mol. The molecule has 0 bridgehead atoms. The predicted octanol–water partition coefficient (Wildman–Crippen LogP) is 25.5. The zero-order chi connectivity index (χ0) is 64.2. The van der Waals surface area contributed by atoms with E-state index < -0.39 is 0 Å². The second-order valence-corrected chi connectivity index (χ2v) is 27.7. The molecule has 3 aliphatic rings. The standard InChI is InChI=1S/C93H72N2/c1-91(2)85-55-61(31-33-63-37-51-81-83-53-47-73(59-89(83)92(3,4)87(81)57-63)94(69-23-9-7-10-24-69)71-43-39-67(40-44-71)77-29-17-21-65-19-13-15-27-75(65)77)35-49-79(85)80-50-36-62(56-86(80)91)32-34-64-38-52-82-84-54-48-74(60-90(84)93(5,6)88(82)58-64)95(70-25-11-8-12-26-70)72-45-41-68(42-46-72)78-30-18-22-66-20-14-16-28-76(66)78/h7-60H,1-6H3. The van der Waals surface area contributed by atoms with Crippen molar-refractivity contribution < 1.29 is 0 Å². The maximum Gasteiger partial charge on any atom is 0.0465 e. The molecular formula is C93H72N2. The Balaban J connectivity index is 0.597. The third-order valence-electron chi connectivity index (χ3n) is 21.0. The summed E-state index contributed by atoms with van der Waals surface area (Å²) in [5, 5.41) is 5.04. The van der Waals surface area contributed by atoms with Crippen molar-refractivity contribution in [1.82, 2.24) is 0 Å². The van der Waals surface area contributed by atoms with Gasteiger partial charge in [0.15, 0.2) is 0 Å². The van der Waals surface area contributed by atoms with Crippen molar-refractivity contribution in [3.8, 4) is 55.6 Å². The van der Waals surface area contributed by atoms with Crippen LogP contribution >= 0.6 is 0 Å². The molecule has 454 valence electrons. The molecular weight excluding hydrogens is 1150 g/mol. The van der Waals surface area contributed by atoms with E-state index in [4.69, 9.17) is 0 Å². The first-order chi connectivity index (χ1) is 46.3. The highest BCUT2D eigenvalue weighted by Gasteiger charge is 2.39. The van der Waals surface area contributed by atoms with Gasteiger partial charge in [-0.05, 0) is 206 Å². The van der Waals surface area contributed by atoms with Crippen LogP contribution in [0.3, 0.4) is 0 Å². The molecule has 0 saturated carbocycles. The number of hydrogen-bond acceptors (Lipinski definition) is 2. The molecule has 14 aromatic carbocycles. The van der Waals surface area contributed by atoms with Gasteiger partial charge in [0.25, 0.3) is 0 Å². The van der Waals surface area contributed by atoms with E-state index in [1.807, 2.05) is 0 Å². The summed E-state index contributed by atoms with van der Waals surface area (Å²) in [6.45, 7) is 14.3. The van der Waals surface area contributed by atoms with Gasteiger partial charge in [-0.1, -0.05) is 296 Å². The fourth-order valence-corrected chi connectivity index (χ4v) is 15.9. The van der Waals surface area contributed by atoms with Gasteiger partial charge in [-0.15, -0.1) is 0 Å². The van der Waals surface area contributed by atoms with E-state index in [9.17, 15) is 0 Å². The molecule has 0 radical (unpaired) electrons. The summed E-state index contributed by atoms with van der Waals surface area (Å²) in [5.41, 5.74) is 32.0. The van der Waals surface area contributed by atoms with Crippen molar-refractivity contribution in [1.29, 1.82) is 0 Å². The second kappa shape index (κ2) is 22.5. The van der Waals surface area contributed by atoms with Crippen LogP contribution in [0.2, 0.25) is 0 Å². The molecule has 0 N–H and O–H groups in total. The van der Waals surface area contributed by atoms with Crippen molar-refractivity contribution in [2.75, 3.05) is 9.80 Å². The van der Waals surface area contributed by atoms with Crippen molar-refractivity contribution in [3.05, 3.63) is 359 Å². The molecule has 17 rings (SSSR count). The molecule has 0 fully saturated rings. The van der Waals surface area contributed by atoms with Crippen LogP contribution in [0, 0.1) is 0 Å². The molecule has 0 heterocycles. The van der Waals surface area contributed by atoms with Crippen LogP contribution in [0.1, 0.15) is 97.2 Å². The molecule has 14 aromatic rings. The van der Waals surface area contributed by atoms with Crippen LogP contribution in [0.4, 0.5) is 34.1 Å². The molecule has 0 saturated heterocycles. The molecule has 2 nitrogen and oxygen atoms in total. The zero-order valence-corrected chi connectivity index (χ0v) is 54.6. The van der Waals surface area contributed by atoms with E-state index in [0.29, 0.717) is 0 Å². The number of anilines is 6. The Hall–Kier alpha value is -11.3. The highest BCUT2D eigenvalue weighted by molar-refractivity contribution is 5.99. The van der Waals surface area contributed by atoms with E-state index in [1.54, 1.807) is 0 Å². The average Bonchev–Trinajstić information content (AvgIpc) is 1.60. The van der Waals surface area contributed by atoms with Crippen LogP contribution in [-0.4, -0.2) is 0 Å². The summed E-state index contributed by atoms with van der Waals surface area (Å²) in [5.74, 6) is 0. The van der Waals surface area contributed by atoms with E-state index in [-0.39, 0.29) is 16.2 Å². The quantitative estimate of drug-likeness (QED) is 0.113. The van der Waals surface area contributed by atoms with Gasteiger partial charge in [-0.3, -0.25) is 0 Å². The minimum atomic E-state index is -0.207. The monoisotopic (exact) mass is 1220 g/mol. The van der Waals surface area contributed by atoms with Gasteiger partial charge in [0.05, 0.1) is 0 Å². The first-order valence-corrected chi connectivity index (χ1v) is 33.4. The average molecular weight is 1220 g/mol. The lowest BCUT2D eigenvalue weighted by Crippen LogP contribution is -2.16. The van der Waals surface area contributed by atoms with E-state index in [0.717, 1.165) is 34.1 Å². The van der Waals surface area contributed by atoms with E-state index in [1.165, 1.54) is 133 Å². The molecule has 0 aromatic heterocycles. The number of benzene rings is 14. The Morgan fingerprint density at radius 3 is 0.811 bits per heavy atom. The lowest BCUT2D eigenvalue weighted by molar-refractivity contribution is 0.660. The fraction of sp³-hybridized carbons (Fsp3) is 0.0968. The Kier molecular flexibility index (Phi) is 13.6. The van der Waals surface area contributed by atoms with Crippen molar-refractivity contribution in [2.24, 2.45) is 0 Å². The third kappa shape index (κ3) is 9.77. The van der Waals surface area contributed by atoms with Gasteiger partial charge in [0.1, 0.15) is 0 Å². The molecule has 3 aliphatic carbocycles. The molecule has 0 spiro atoms. The minimum absolute atomic E-state index is 0.170. The summed E-state index contributed by atoms with van der Waals surface area (Å²) in [7, 11) is 0. The zero-order valence-electron chi connectivity index (χ0n) is 54.6. The maximum absolute atomic E-state index is 2.43. The number of para-hydroxylation sites is 2. The van der Waals surface area contributed by atoms with Crippen molar-refractivity contribution in [3.63, 3.8) is 0 Å². The van der Waals surface area contributed by atoms with Crippen LogP contribution < -0.4 is 9.80 Å². The maximum atomic E-state index is 2.43. The fourth-order valence-electron chi connectivity index (χ4n) is 15.9. The van der Waals surface area contributed by atoms with Crippen LogP contribution in [0.15, 0.2) is 303 Å². The van der Waals surface area contributed by atoms with Gasteiger partial charge in [0, 0.05) is 50.4 Å². The number of hydrogen-bond donors (Lipinski definition) is 0. The van der Waals surface area contributed by atoms with Gasteiger partial charge in [-0.2, -0.15) is 0 Å².